The highest BCUT2D eigenvalue weighted by atomic mass is 32.2. The summed E-state index contributed by atoms with van der Waals surface area (Å²) in [6, 6.07) is 20.1. The number of hydrogen-bond acceptors (Lipinski definition) is 4. The van der Waals surface area contributed by atoms with Crippen molar-refractivity contribution in [2.24, 2.45) is 0 Å². The molecule has 5 rings (SSSR count). The molecule has 2 heterocycles. The molecule has 0 bridgehead atoms. The van der Waals surface area contributed by atoms with E-state index in [1.54, 1.807) is 47.5 Å². The Labute approximate surface area is 190 Å². The number of carbonyl (C=O) groups is 1. The SMILES string of the molecule is O=C(c1ccn(-c2ccc(F)cc2)n1)N1CCN(S(=O)(=O)c2ccc3ccccc3c2)CC1. The van der Waals surface area contributed by atoms with Crippen LogP contribution in [0.5, 0.6) is 0 Å². The molecular weight excluding hydrogens is 443 g/mol. The summed E-state index contributed by atoms with van der Waals surface area (Å²) in [5, 5.41) is 6.14. The summed E-state index contributed by atoms with van der Waals surface area (Å²) in [6.45, 7) is 0.962. The van der Waals surface area contributed by atoms with Gasteiger partial charge in [-0.1, -0.05) is 30.3 Å². The van der Waals surface area contributed by atoms with Crippen LogP contribution in [0.15, 0.2) is 83.9 Å². The average molecular weight is 465 g/mol. The van der Waals surface area contributed by atoms with Gasteiger partial charge in [0.1, 0.15) is 5.82 Å². The summed E-state index contributed by atoms with van der Waals surface area (Å²) in [7, 11) is -3.66. The second-order valence-corrected chi connectivity index (χ2v) is 9.77. The largest absolute Gasteiger partial charge is 0.335 e. The number of aromatic nitrogens is 2. The van der Waals surface area contributed by atoms with E-state index in [1.807, 2.05) is 24.3 Å². The molecule has 1 aliphatic rings. The summed E-state index contributed by atoms with van der Waals surface area (Å²) in [5.41, 5.74) is 0.895. The number of hydrogen-bond donors (Lipinski definition) is 0. The molecule has 0 N–H and O–H groups in total. The zero-order valence-electron chi connectivity index (χ0n) is 17.6. The third-order valence-electron chi connectivity index (χ3n) is 5.78. The summed E-state index contributed by atoms with van der Waals surface area (Å²) in [5.74, 6) is -0.614. The maximum Gasteiger partial charge on any atom is 0.274 e. The van der Waals surface area contributed by atoms with Crippen molar-refractivity contribution in [2.75, 3.05) is 26.2 Å². The monoisotopic (exact) mass is 464 g/mol. The fraction of sp³-hybridized carbons (Fsp3) is 0.167. The standard InChI is InChI=1S/C24H21FN4O3S/c25-20-6-8-21(9-7-20)29-12-11-23(26-29)24(30)27-13-15-28(16-14-27)33(31,32)22-10-5-18-3-1-2-4-19(18)17-22/h1-12,17H,13-16H2. The van der Waals surface area contributed by atoms with Gasteiger partial charge < -0.3 is 4.90 Å². The number of nitrogens with zero attached hydrogens (tertiary/aromatic N) is 4. The van der Waals surface area contributed by atoms with Crippen LogP contribution in [0, 0.1) is 5.82 Å². The number of piperazine rings is 1. The van der Waals surface area contributed by atoms with Gasteiger partial charge in [-0.25, -0.2) is 17.5 Å². The third-order valence-corrected chi connectivity index (χ3v) is 7.68. The molecule has 1 aliphatic heterocycles. The summed E-state index contributed by atoms with van der Waals surface area (Å²) in [4.78, 5) is 14.7. The summed E-state index contributed by atoms with van der Waals surface area (Å²) >= 11 is 0. The lowest BCUT2D eigenvalue weighted by molar-refractivity contribution is 0.0691. The van der Waals surface area contributed by atoms with Crippen molar-refractivity contribution < 1.29 is 17.6 Å². The molecule has 1 aromatic heterocycles. The molecule has 33 heavy (non-hydrogen) atoms. The molecular formula is C24H21FN4O3S. The van der Waals surface area contributed by atoms with E-state index in [0.717, 1.165) is 10.8 Å². The smallest absolute Gasteiger partial charge is 0.274 e. The van der Waals surface area contributed by atoms with Gasteiger partial charge in [0.25, 0.3) is 5.91 Å². The Bertz CT molecular complexity index is 1430. The van der Waals surface area contributed by atoms with Gasteiger partial charge >= 0.3 is 0 Å². The normalized spacial score (nSPS) is 15.1. The van der Waals surface area contributed by atoms with E-state index in [4.69, 9.17) is 0 Å². The maximum absolute atomic E-state index is 13.1. The lowest BCUT2D eigenvalue weighted by atomic mass is 10.1. The van der Waals surface area contributed by atoms with Crippen LogP contribution in [0.4, 0.5) is 4.39 Å². The van der Waals surface area contributed by atoms with Crippen LogP contribution >= 0.6 is 0 Å². The van der Waals surface area contributed by atoms with Crippen LogP contribution in [0.25, 0.3) is 16.5 Å². The Morgan fingerprint density at radius 3 is 2.27 bits per heavy atom. The van der Waals surface area contributed by atoms with Gasteiger partial charge in [0, 0.05) is 32.4 Å². The molecule has 1 amide bonds. The summed E-state index contributed by atoms with van der Waals surface area (Å²) < 4.78 is 42.3. The van der Waals surface area contributed by atoms with Crippen molar-refractivity contribution in [1.29, 1.82) is 0 Å². The number of benzene rings is 3. The molecule has 7 nitrogen and oxygen atoms in total. The molecule has 9 heteroatoms. The zero-order valence-corrected chi connectivity index (χ0v) is 18.5. The van der Waals surface area contributed by atoms with Crippen LogP contribution in [0.1, 0.15) is 10.5 Å². The van der Waals surface area contributed by atoms with Crippen molar-refractivity contribution in [3.63, 3.8) is 0 Å². The number of sulfonamides is 1. The van der Waals surface area contributed by atoms with Crippen molar-refractivity contribution in [3.05, 3.63) is 90.5 Å². The molecule has 0 radical (unpaired) electrons. The minimum absolute atomic E-state index is 0.208. The lowest BCUT2D eigenvalue weighted by Crippen LogP contribution is -2.50. The number of rotatable bonds is 4. The van der Waals surface area contributed by atoms with Crippen molar-refractivity contribution in [3.8, 4) is 5.69 Å². The second kappa shape index (κ2) is 8.42. The Morgan fingerprint density at radius 2 is 1.55 bits per heavy atom. The topological polar surface area (TPSA) is 75.5 Å². The molecule has 168 valence electrons. The highest BCUT2D eigenvalue weighted by molar-refractivity contribution is 7.89. The highest BCUT2D eigenvalue weighted by Gasteiger charge is 2.31. The van der Waals surface area contributed by atoms with Gasteiger partial charge in [0.05, 0.1) is 10.6 Å². The van der Waals surface area contributed by atoms with E-state index < -0.39 is 10.0 Å². The van der Waals surface area contributed by atoms with Gasteiger partial charge in [-0.2, -0.15) is 9.40 Å². The first kappa shape index (κ1) is 21.3. The lowest BCUT2D eigenvalue weighted by Gasteiger charge is -2.33. The first-order chi connectivity index (χ1) is 15.9. The first-order valence-corrected chi connectivity index (χ1v) is 12.0. The van der Waals surface area contributed by atoms with E-state index >= 15 is 0 Å². The fourth-order valence-corrected chi connectivity index (χ4v) is 5.40. The van der Waals surface area contributed by atoms with Gasteiger partial charge in [0.15, 0.2) is 5.69 Å². The Kier molecular flexibility index (Phi) is 5.43. The minimum atomic E-state index is -3.66. The van der Waals surface area contributed by atoms with Crippen LogP contribution < -0.4 is 0 Å². The van der Waals surface area contributed by atoms with E-state index in [-0.39, 0.29) is 48.5 Å². The Hall–Kier alpha value is -3.56. The number of halogens is 1. The fourth-order valence-electron chi connectivity index (χ4n) is 3.95. The first-order valence-electron chi connectivity index (χ1n) is 10.5. The van der Waals surface area contributed by atoms with Gasteiger partial charge in [-0.3, -0.25) is 4.79 Å². The van der Waals surface area contributed by atoms with Crippen molar-refractivity contribution >= 4 is 26.7 Å². The van der Waals surface area contributed by atoms with Crippen molar-refractivity contribution in [2.45, 2.75) is 4.90 Å². The van der Waals surface area contributed by atoms with E-state index in [0.29, 0.717) is 5.69 Å². The van der Waals surface area contributed by atoms with Gasteiger partial charge in [0.2, 0.25) is 10.0 Å². The molecule has 1 fully saturated rings. The quantitative estimate of drug-likeness (QED) is 0.464. The minimum Gasteiger partial charge on any atom is -0.335 e. The zero-order chi connectivity index (χ0) is 23.0. The molecule has 0 saturated carbocycles. The Balaban J connectivity index is 1.27. The van der Waals surface area contributed by atoms with Crippen LogP contribution in [-0.4, -0.2) is 59.5 Å². The molecule has 0 aliphatic carbocycles. The molecule has 1 saturated heterocycles. The molecule has 0 spiro atoms. The number of carbonyl (C=O) groups excluding carboxylic acids is 1. The van der Waals surface area contributed by atoms with Crippen LogP contribution in [0.2, 0.25) is 0 Å². The number of amides is 1. The average Bonchev–Trinajstić information content (AvgIpc) is 3.34. The Morgan fingerprint density at radius 1 is 0.848 bits per heavy atom. The van der Waals surface area contributed by atoms with Crippen LogP contribution in [-0.2, 0) is 10.0 Å². The van der Waals surface area contributed by atoms with E-state index in [9.17, 15) is 17.6 Å². The van der Waals surface area contributed by atoms with Crippen molar-refractivity contribution in [1.82, 2.24) is 19.0 Å². The van der Waals surface area contributed by atoms with Gasteiger partial charge in [-0.15, -0.1) is 0 Å². The molecule has 4 aromatic rings. The van der Waals surface area contributed by atoms with Gasteiger partial charge in [-0.05, 0) is 53.2 Å². The molecule has 3 aromatic carbocycles. The highest BCUT2D eigenvalue weighted by Crippen LogP contribution is 2.23. The second-order valence-electron chi connectivity index (χ2n) is 7.83. The predicted octanol–water partition coefficient (Wildman–Crippen LogP) is 3.31. The molecule has 0 atom stereocenters. The predicted molar refractivity (Wildman–Crippen MR) is 122 cm³/mol. The molecule has 0 unspecified atom stereocenters. The third kappa shape index (κ3) is 4.12. The van der Waals surface area contributed by atoms with Crippen LogP contribution in [0.3, 0.4) is 0 Å². The van der Waals surface area contributed by atoms with E-state index in [2.05, 4.69) is 5.10 Å². The summed E-state index contributed by atoms with van der Waals surface area (Å²) in [6.07, 6.45) is 1.64. The van der Waals surface area contributed by atoms with E-state index in [1.165, 1.54) is 21.1 Å². The maximum atomic E-state index is 13.1. The number of fused-ring (bicyclic) bond motifs is 1.